The molecule has 0 unspecified atom stereocenters. The number of furan rings is 1. The van der Waals surface area contributed by atoms with Crippen molar-refractivity contribution in [3.63, 3.8) is 0 Å². The van der Waals surface area contributed by atoms with Crippen LogP contribution in [0.25, 0.3) is 71.8 Å². The highest BCUT2D eigenvalue weighted by molar-refractivity contribution is 6.12. The smallest absolute Gasteiger partial charge is 0.181 e. The molecule has 3 aromatic heterocycles. The molecule has 0 aliphatic heterocycles. The molecule has 8 aromatic carbocycles. The minimum atomic E-state index is 0.517. The van der Waals surface area contributed by atoms with E-state index in [0.29, 0.717) is 5.92 Å². The summed E-state index contributed by atoms with van der Waals surface area (Å²) >= 11 is 0. The Labute approximate surface area is 367 Å². The number of pyridine rings is 1. The topological polar surface area (TPSA) is 55.0 Å². The SMILES string of the molecule is CC(C)Cc1cccc2c1oc1c(-n3c4ccccc4c4ccc(Cc5cccc(Nc6ccccc6Nc6c(-c7ccccc7)cccc6-c6ccccc6)c5)cc43)nccc12. The van der Waals surface area contributed by atoms with Crippen molar-refractivity contribution in [3.8, 4) is 28.1 Å². The van der Waals surface area contributed by atoms with Crippen molar-refractivity contribution in [1.29, 1.82) is 0 Å². The molecule has 5 heteroatoms. The van der Waals surface area contributed by atoms with Crippen LogP contribution in [0.2, 0.25) is 0 Å². The second-order valence-electron chi connectivity index (χ2n) is 16.8. The second-order valence-corrected chi connectivity index (χ2v) is 16.8. The maximum Gasteiger partial charge on any atom is 0.181 e. The van der Waals surface area contributed by atoms with Crippen LogP contribution in [-0.2, 0) is 12.8 Å². The van der Waals surface area contributed by atoms with Crippen LogP contribution in [0.4, 0.5) is 22.7 Å². The second kappa shape index (κ2) is 16.2. The molecule has 0 amide bonds. The number of hydrogen-bond acceptors (Lipinski definition) is 4. The van der Waals surface area contributed by atoms with E-state index in [-0.39, 0.29) is 0 Å². The number of hydrogen-bond donors (Lipinski definition) is 2. The summed E-state index contributed by atoms with van der Waals surface area (Å²) in [5.41, 5.74) is 16.3. The van der Waals surface area contributed by atoms with Gasteiger partial charge in [0.2, 0.25) is 0 Å². The highest BCUT2D eigenvalue weighted by Gasteiger charge is 2.21. The Morgan fingerprint density at radius 2 is 1.13 bits per heavy atom. The Kier molecular flexibility index (Phi) is 9.78. The van der Waals surface area contributed by atoms with Gasteiger partial charge in [0.15, 0.2) is 11.4 Å². The van der Waals surface area contributed by atoms with Gasteiger partial charge < -0.3 is 15.1 Å². The summed E-state index contributed by atoms with van der Waals surface area (Å²) in [6.07, 6.45) is 3.64. The fourth-order valence-corrected chi connectivity index (χ4v) is 9.27. The first kappa shape index (κ1) is 38.1. The standard InChI is InChI=1S/C58H46N4O/c1-38(2)34-43-21-14-26-49-50-32-33-59-58(57(50)63-56(43)49)62-53-29-12-9-23-47(53)48-31-30-40(37-54(48)62)35-39-16-13-22-44(36-39)60-51-27-10-11-28-52(51)61-55-45(41-17-5-3-6-18-41)24-15-25-46(55)42-19-7-4-8-20-42/h3-33,36-38,60-61H,34-35H2,1-2H3. The minimum absolute atomic E-state index is 0.517. The molecule has 5 nitrogen and oxygen atoms in total. The third-order valence-corrected chi connectivity index (χ3v) is 12.1. The summed E-state index contributed by atoms with van der Waals surface area (Å²) in [5, 5.41) is 12.2. The normalized spacial score (nSPS) is 11.6. The van der Waals surface area contributed by atoms with E-state index in [1.165, 1.54) is 27.5 Å². The van der Waals surface area contributed by atoms with Crippen LogP contribution in [0.3, 0.4) is 0 Å². The van der Waals surface area contributed by atoms with Gasteiger partial charge in [-0.1, -0.05) is 166 Å². The molecule has 11 rings (SSSR count). The maximum absolute atomic E-state index is 6.82. The van der Waals surface area contributed by atoms with Gasteiger partial charge >= 0.3 is 0 Å². The average Bonchev–Trinajstić information content (AvgIpc) is 3.87. The molecule has 0 saturated carbocycles. The van der Waals surface area contributed by atoms with Gasteiger partial charge in [-0.2, -0.15) is 0 Å². The van der Waals surface area contributed by atoms with Gasteiger partial charge in [-0.05, 0) is 89.0 Å². The van der Waals surface area contributed by atoms with E-state index in [1.54, 1.807) is 0 Å². The molecule has 304 valence electrons. The molecular weight excluding hydrogens is 769 g/mol. The highest BCUT2D eigenvalue weighted by Crippen LogP contribution is 2.42. The average molecular weight is 815 g/mol. The van der Waals surface area contributed by atoms with E-state index >= 15 is 0 Å². The van der Waals surface area contributed by atoms with Crippen LogP contribution in [0, 0.1) is 5.92 Å². The zero-order valence-electron chi connectivity index (χ0n) is 35.3. The summed E-state index contributed by atoms with van der Waals surface area (Å²) in [7, 11) is 0. The number of fused-ring (bicyclic) bond motifs is 6. The third kappa shape index (κ3) is 7.17. The lowest BCUT2D eigenvalue weighted by Gasteiger charge is -2.20. The molecule has 0 saturated heterocycles. The number of aromatic nitrogens is 2. The Hall–Kier alpha value is -7.89. The van der Waals surface area contributed by atoms with Crippen molar-refractivity contribution in [2.75, 3.05) is 10.6 Å². The molecule has 0 atom stereocenters. The first-order valence-corrected chi connectivity index (χ1v) is 21.8. The van der Waals surface area contributed by atoms with E-state index in [1.807, 2.05) is 6.20 Å². The van der Waals surface area contributed by atoms with Crippen LogP contribution in [0.15, 0.2) is 205 Å². The van der Waals surface area contributed by atoms with Crippen LogP contribution >= 0.6 is 0 Å². The van der Waals surface area contributed by atoms with E-state index < -0.39 is 0 Å². The number of nitrogens with zero attached hydrogens (tertiary/aromatic N) is 2. The zero-order chi connectivity index (χ0) is 42.3. The van der Waals surface area contributed by atoms with Gasteiger partial charge in [0, 0.05) is 44.6 Å². The Balaban J connectivity index is 0.937. The molecule has 0 aliphatic carbocycles. The van der Waals surface area contributed by atoms with Crippen LogP contribution in [-0.4, -0.2) is 9.55 Å². The molecule has 0 fully saturated rings. The number of anilines is 4. The first-order chi connectivity index (χ1) is 31.1. The van der Waals surface area contributed by atoms with Crippen LogP contribution in [0.1, 0.15) is 30.5 Å². The minimum Gasteiger partial charge on any atom is -0.452 e. The molecule has 0 bridgehead atoms. The number of nitrogens with one attached hydrogen (secondary N) is 2. The number of rotatable bonds is 11. The molecule has 0 radical (unpaired) electrons. The predicted molar refractivity (Wildman–Crippen MR) is 264 cm³/mol. The van der Waals surface area contributed by atoms with Crippen molar-refractivity contribution >= 4 is 66.5 Å². The molecule has 3 heterocycles. The van der Waals surface area contributed by atoms with E-state index in [4.69, 9.17) is 9.40 Å². The van der Waals surface area contributed by atoms with Crippen LogP contribution < -0.4 is 10.6 Å². The third-order valence-electron chi connectivity index (χ3n) is 12.1. The van der Waals surface area contributed by atoms with Crippen molar-refractivity contribution in [2.45, 2.75) is 26.7 Å². The molecular formula is C58H46N4O. The van der Waals surface area contributed by atoms with Gasteiger partial charge in [-0.25, -0.2) is 4.98 Å². The quantitative estimate of drug-likeness (QED) is 0.137. The summed E-state index contributed by atoms with van der Waals surface area (Å²) < 4.78 is 9.12. The van der Waals surface area contributed by atoms with Gasteiger partial charge in [0.05, 0.1) is 28.1 Å². The summed E-state index contributed by atoms with van der Waals surface area (Å²) in [6, 6.07) is 69.0. The first-order valence-electron chi connectivity index (χ1n) is 21.8. The lowest BCUT2D eigenvalue weighted by Crippen LogP contribution is -2.01. The predicted octanol–water partition coefficient (Wildman–Crippen LogP) is 15.7. The molecule has 2 N–H and O–H groups in total. The zero-order valence-corrected chi connectivity index (χ0v) is 35.3. The van der Waals surface area contributed by atoms with Crippen molar-refractivity contribution < 1.29 is 4.42 Å². The van der Waals surface area contributed by atoms with E-state index in [9.17, 15) is 0 Å². The van der Waals surface area contributed by atoms with Crippen molar-refractivity contribution in [3.05, 3.63) is 217 Å². The van der Waals surface area contributed by atoms with Crippen molar-refractivity contribution in [2.24, 2.45) is 5.92 Å². The fraction of sp³-hybridized carbons (Fsp3) is 0.0862. The fourth-order valence-electron chi connectivity index (χ4n) is 9.27. The molecule has 0 aliphatic rings. The Morgan fingerprint density at radius 3 is 1.89 bits per heavy atom. The summed E-state index contributed by atoms with van der Waals surface area (Å²) in [6.45, 7) is 4.51. The summed E-state index contributed by atoms with van der Waals surface area (Å²) in [4.78, 5) is 5.03. The Morgan fingerprint density at radius 1 is 0.508 bits per heavy atom. The highest BCUT2D eigenvalue weighted by atomic mass is 16.3. The molecule has 11 aromatic rings. The lowest BCUT2D eigenvalue weighted by molar-refractivity contribution is 0.622. The molecule has 63 heavy (non-hydrogen) atoms. The monoisotopic (exact) mass is 814 g/mol. The van der Waals surface area contributed by atoms with Crippen LogP contribution in [0.5, 0.6) is 0 Å². The Bertz CT molecular complexity index is 3380. The molecule has 0 spiro atoms. The van der Waals surface area contributed by atoms with Gasteiger partial charge in [-0.15, -0.1) is 0 Å². The van der Waals surface area contributed by atoms with Gasteiger partial charge in [0.1, 0.15) is 5.58 Å². The maximum atomic E-state index is 6.82. The lowest BCUT2D eigenvalue weighted by atomic mass is 9.95. The van der Waals surface area contributed by atoms with Gasteiger partial charge in [0.25, 0.3) is 0 Å². The number of benzene rings is 8. The van der Waals surface area contributed by atoms with Crippen molar-refractivity contribution in [1.82, 2.24) is 9.55 Å². The summed E-state index contributed by atoms with van der Waals surface area (Å²) in [5.74, 6) is 1.33. The largest absolute Gasteiger partial charge is 0.452 e. The van der Waals surface area contributed by atoms with E-state index in [2.05, 4.69) is 223 Å². The van der Waals surface area contributed by atoms with Gasteiger partial charge in [-0.3, -0.25) is 4.57 Å². The van der Waals surface area contributed by atoms with E-state index in [0.717, 1.165) is 96.6 Å². The number of para-hydroxylation sites is 5.